The summed E-state index contributed by atoms with van der Waals surface area (Å²) in [7, 11) is 0. The van der Waals surface area contributed by atoms with E-state index in [0.29, 0.717) is 0 Å². The normalized spacial score (nSPS) is 10.1. The van der Waals surface area contributed by atoms with Gasteiger partial charge in [-0.3, -0.25) is 0 Å². The van der Waals surface area contributed by atoms with Gasteiger partial charge in [-0.2, -0.15) is 4.39 Å². The topological polar surface area (TPSA) is 55.1 Å². The molecule has 1 heterocycles. The minimum atomic E-state index is -1.52. The minimum Gasteiger partial charge on any atom is -0.477 e. The minimum absolute atomic E-state index is 0.307. The van der Waals surface area contributed by atoms with E-state index in [9.17, 15) is 13.7 Å². The molecule has 11 heavy (non-hydrogen) atoms. The SMILES string of the molecule is Cc1c(C(=O)O)c(F)nn1F. The first kappa shape index (κ1) is 7.64. The average molecular weight is 162 g/mol. The number of carboxylic acid groups (broad SMARTS) is 1. The molecule has 1 aromatic rings. The average Bonchev–Trinajstić information content (AvgIpc) is 2.07. The van der Waals surface area contributed by atoms with Crippen molar-refractivity contribution in [3.8, 4) is 0 Å². The number of aromatic carboxylic acids is 1. The van der Waals surface area contributed by atoms with Crippen LogP contribution in [0, 0.1) is 12.9 Å². The zero-order valence-corrected chi connectivity index (χ0v) is 5.51. The van der Waals surface area contributed by atoms with Gasteiger partial charge in [0.2, 0.25) is 5.95 Å². The molecule has 0 aromatic carbocycles. The van der Waals surface area contributed by atoms with Crippen molar-refractivity contribution in [2.45, 2.75) is 6.92 Å². The molecule has 0 unspecified atom stereocenters. The van der Waals surface area contributed by atoms with Crippen LogP contribution in [0.3, 0.4) is 0 Å². The fourth-order valence-electron chi connectivity index (χ4n) is 0.687. The molecule has 0 radical (unpaired) electrons. The molecule has 0 saturated heterocycles. The Morgan fingerprint density at radius 3 is 2.45 bits per heavy atom. The Kier molecular flexibility index (Phi) is 1.60. The van der Waals surface area contributed by atoms with Crippen molar-refractivity contribution in [3.05, 3.63) is 17.2 Å². The Bertz CT molecular complexity index is 308. The van der Waals surface area contributed by atoms with Gasteiger partial charge in [-0.15, -0.1) is 5.10 Å². The number of hydrogen-bond donors (Lipinski definition) is 1. The molecule has 0 aliphatic carbocycles. The summed E-state index contributed by atoms with van der Waals surface area (Å²) >= 11 is 0. The Morgan fingerprint density at radius 1 is 1.73 bits per heavy atom. The third-order valence-corrected chi connectivity index (χ3v) is 1.23. The monoisotopic (exact) mass is 162 g/mol. The van der Waals surface area contributed by atoms with Crippen molar-refractivity contribution >= 4 is 5.97 Å². The van der Waals surface area contributed by atoms with Gasteiger partial charge in [-0.05, 0) is 6.92 Å². The Labute approximate surface area is 60.0 Å². The molecule has 1 rings (SSSR count). The van der Waals surface area contributed by atoms with Gasteiger partial charge in [0.25, 0.3) is 0 Å². The van der Waals surface area contributed by atoms with E-state index in [1.165, 1.54) is 0 Å². The van der Waals surface area contributed by atoms with Gasteiger partial charge in [-0.1, -0.05) is 9.39 Å². The maximum absolute atomic E-state index is 12.4. The second-order valence-electron chi connectivity index (χ2n) is 1.92. The van der Waals surface area contributed by atoms with Gasteiger partial charge in [0.15, 0.2) is 0 Å². The van der Waals surface area contributed by atoms with Crippen LogP contribution in [0.25, 0.3) is 0 Å². The molecule has 0 atom stereocenters. The van der Waals surface area contributed by atoms with E-state index in [2.05, 4.69) is 5.10 Å². The molecule has 4 nitrogen and oxygen atoms in total. The number of halogens is 2. The first-order chi connectivity index (χ1) is 5.04. The number of nitrogens with zero attached hydrogens (tertiary/aromatic N) is 2. The van der Waals surface area contributed by atoms with E-state index >= 15 is 0 Å². The lowest BCUT2D eigenvalue weighted by atomic mass is 10.3. The summed E-state index contributed by atoms with van der Waals surface area (Å²) in [5.74, 6) is -2.83. The van der Waals surface area contributed by atoms with Crippen LogP contribution in [0.1, 0.15) is 16.1 Å². The van der Waals surface area contributed by atoms with Crippen molar-refractivity contribution in [1.82, 2.24) is 10.0 Å². The standard InChI is InChI=1S/C5H4F2N2O2/c1-2-3(5(10)11)4(6)8-9(2)7/h1H3,(H,10,11). The molecular formula is C5H4F2N2O2. The van der Waals surface area contributed by atoms with Crippen molar-refractivity contribution < 1.29 is 18.8 Å². The van der Waals surface area contributed by atoms with E-state index in [1.807, 2.05) is 0 Å². The molecular weight excluding hydrogens is 158 g/mol. The first-order valence-electron chi connectivity index (χ1n) is 2.68. The zero-order valence-electron chi connectivity index (χ0n) is 5.51. The van der Waals surface area contributed by atoms with Gasteiger partial charge in [0.05, 0.1) is 5.69 Å². The molecule has 0 bridgehead atoms. The van der Waals surface area contributed by atoms with Crippen LogP contribution in [0.2, 0.25) is 0 Å². The second kappa shape index (κ2) is 2.30. The summed E-state index contributed by atoms with van der Waals surface area (Å²) in [6.07, 6.45) is 0. The second-order valence-corrected chi connectivity index (χ2v) is 1.92. The van der Waals surface area contributed by atoms with Crippen LogP contribution in [-0.4, -0.2) is 21.1 Å². The molecule has 0 aliphatic heterocycles. The number of aromatic nitrogens is 2. The van der Waals surface area contributed by atoms with Crippen LogP contribution >= 0.6 is 0 Å². The molecule has 6 heteroatoms. The van der Waals surface area contributed by atoms with Crippen LogP contribution in [0.5, 0.6) is 0 Å². The highest BCUT2D eigenvalue weighted by molar-refractivity contribution is 5.88. The van der Waals surface area contributed by atoms with Gasteiger partial charge < -0.3 is 5.11 Å². The maximum atomic E-state index is 12.4. The number of carboxylic acids is 1. The van der Waals surface area contributed by atoms with Crippen LogP contribution in [0.4, 0.5) is 8.87 Å². The van der Waals surface area contributed by atoms with Crippen LogP contribution in [0.15, 0.2) is 0 Å². The summed E-state index contributed by atoms with van der Waals surface area (Å²) < 4.78 is 24.6. The van der Waals surface area contributed by atoms with E-state index in [1.54, 1.807) is 0 Å². The van der Waals surface area contributed by atoms with Crippen molar-refractivity contribution in [1.29, 1.82) is 0 Å². The summed E-state index contributed by atoms with van der Waals surface area (Å²) in [6, 6.07) is 0. The number of carbonyl (C=O) groups is 1. The molecule has 0 spiro atoms. The number of rotatable bonds is 1. The molecule has 0 saturated carbocycles. The third-order valence-electron chi connectivity index (χ3n) is 1.23. The molecule has 0 aliphatic rings. The van der Waals surface area contributed by atoms with E-state index in [0.717, 1.165) is 6.92 Å². The highest BCUT2D eigenvalue weighted by Crippen LogP contribution is 2.11. The summed E-state index contributed by atoms with van der Waals surface area (Å²) in [4.78, 5) is 9.89. The van der Waals surface area contributed by atoms with Crippen LogP contribution in [-0.2, 0) is 0 Å². The maximum Gasteiger partial charge on any atom is 0.342 e. The van der Waals surface area contributed by atoms with E-state index in [4.69, 9.17) is 5.11 Å². The summed E-state index contributed by atoms with van der Waals surface area (Å²) in [5, 5.41) is 10.9. The molecule has 0 amide bonds. The fourth-order valence-corrected chi connectivity index (χ4v) is 0.687. The Balaban J connectivity index is 3.34. The van der Waals surface area contributed by atoms with Crippen molar-refractivity contribution in [2.24, 2.45) is 0 Å². The lowest BCUT2D eigenvalue weighted by molar-refractivity contribution is 0.0690. The predicted octanol–water partition coefficient (Wildman–Crippen LogP) is 0.761. The summed E-state index contributed by atoms with van der Waals surface area (Å²) in [5.41, 5.74) is -1.08. The highest BCUT2D eigenvalue weighted by atomic mass is 19.2. The molecule has 0 fully saturated rings. The Hall–Kier alpha value is -1.46. The van der Waals surface area contributed by atoms with Gasteiger partial charge in [0.1, 0.15) is 5.56 Å². The van der Waals surface area contributed by atoms with Gasteiger partial charge in [0, 0.05) is 0 Å². The van der Waals surface area contributed by atoms with Gasteiger partial charge >= 0.3 is 5.97 Å². The van der Waals surface area contributed by atoms with Crippen molar-refractivity contribution in [2.75, 3.05) is 0 Å². The van der Waals surface area contributed by atoms with Crippen LogP contribution < -0.4 is 0 Å². The lowest BCUT2D eigenvalue weighted by Crippen LogP contribution is -2.00. The zero-order chi connectivity index (χ0) is 8.59. The molecule has 1 N–H and O–H groups in total. The van der Waals surface area contributed by atoms with E-state index < -0.39 is 17.5 Å². The van der Waals surface area contributed by atoms with E-state index in [-0.39, 0.29) is 10.6 Å². The third kappa shape index (κ3) is 1.06. The quantitative estimate of drug-likeness (QED) is 0.663. The first-order valence-corrected chi connectivity index (χ1v) is 2.68. The molecule has 1 aromatic heterocycles. The predicted molar refractivity (Wildman–Crippen MR) is 30.4 cm³/mol. The largest absolute Gasteiger partial charge is 0.477 e. The molecule has 60 valence electrons. The number of hydrogen-bond acceptors (Lipinski definition) is 2. The summed E-state index contributed by atoms with van der Waals surface area (Å²) in [6.45, 7) is 1.12. The van der Waals surface area contributed by atoms with Gasteiger partial charge in [-0.25, -0.2) is 4.79 Å². The fraction of sp³-hybridized carbons (Fsp3) is 0.200. The highest BCUT2D eigenvalue weighted by Gasteiger charge is 2.20. The Morgan fingerprint density at radius 2 is 2.27 bits per heavy atom. The lowest BCUT2D eigenvalue weighted by Gasteiger charge is -1.88. The smallest absolute Gasteiger partial charge is 0.342 e. The van der Waals surface area contributed by atoms with Crippen molar-refractivity contribution in [3.63, 3.8) is 0 Å².